The number of phenols is 1. The van der Waals surface area contributed by atoms with Crippen molar-refractivity contribution in [3.8, 4) is 5.75 Å². The Balaban J connectivity index is 1.37. The summed E-state index contributed by atoms with van der Waals surface area (Å²) < 4.78 is 70.9. The maximum absolute atomic E-state index is 12.7. The van der Waals surface area contributed by atoms with Crippen LogP contribution in [0.25, 0.3) is 0 Å². The largest absolute Gasteiger partial charge is 0.506 e. The van der Waals surface area contributed by atoms with Gasteiger partial charge in [-0.1, -0.05) is 56.7 Å². The third kappa shape index (κ3) is 42.6. The van der Waals surface area contributed by atoms with E-state index in [2.05, 4.69) is 26.6 Å². The quantitative estimate of drug-likeness (QED) is 0.0181. The molecule has 25 heteroatoms. The van der Waals surface area contributed by atoms with Gasteiger partial charge in [-0.3, -0.25) is 19.7 Å². The lowest BCUT2D eigenvalue weighted by Crippen LogP contribution is -2.47. The van der Waals surface area contributed by atoms with Crippen molar-refractivity contribution in [2.24, 2.45) is 5.92 Å². The molecule has 5 amide bonds. The monoisotopic (exact) mass is 1210 g/mol. The van der Waals surface area contributed by atoms with Gasteiger partial charge in [-0.2, -0.15) is 0 Å². The molecule has 0 aromatic heterocycles. The molecule has 85 heavy (non-hydrogen) atoms. The summed E-state index contributed by atoms with van der Waals surface area (Å²) in [6.45, 7) is 21.3. The zero-order valence-corrected chi connectivity index (χ0v) is 51.6. The van der Waals surface area contributed by atoms with E-state index in [0.717, 1.165) is 18.4 Å². The summed E-state index contributed by atoms with van der Waals surface area (Å²) >= 11 is 0. The Labute approximate surface area is 502 Å². The van der Waals surface area contributed by atoms with Crippen LogP contribution >= 0.6 is 0 Å². The van der Waals surface area contributed by atoms with Gasteiger partial charge in [0, 0.05) is 19.1 Å². The van der Waals surface area contributed by atoms with E-state index in [1.54, 1.807) is 60.6 Å². The molecule has 0 radical (unpaired) electrons. The lowest BCUT2D eigenvalue weighted by atomic mass is 9.95. The second kappa shape index (κ2) is 46.3. The molecule has 2 aromatic carbocycles. The number of ether oxygens (including phenoxy) is 13. The lowest BCUT2D eigenvalue weighted by Gasteiger charge is -2.27. The maximum Gasteiger partial charge on any atom is 0.411 e. The Morgan fingerprint density at radius 1 is 0.529 bits per heavy atom. The van der Waals surface area contributed by atoms with Crippen LogP contribution in [0.2, 0.25) is 0 Å². The molecule has 0 fully saturated rings. The SMILES string of the molecule is CCCCNC(=O)[C@H](CCCCNC(=O)COCCOCCOCCOCCOCCOCCOCCOCCOCCOC(=O)Nc1cc(C[C@@H](CC(C)C(=O)OC(C)(C)C)NC(=O)OC(C)(C)C)ccc1O)NC(=O)OCc1ccccc1. The first-order chi connectivity index (χ1) is 40.7. The number of esters is 1. The van der Waals surface area contributed by atoms with Gasteiger partial charge in [0.1, 0.15) is 42.8 Å². The van der Waals surface area contributed by atoms with Crippen LogP contribution in [-0.4, -0.2) is 203 Å². The second-order valence-corrected chi connectivity index (χ2v) is 21.5. The van der Waals surface area contributed by atoms with Gasteiger partial charge >= 0.3 is 24.2 Å². The first-order valence-corrected chi connectivity index (χ1v) is 29.4. The van der Waals surface area contributed by atoms with Crippen molar-refractivity contribution < 1.29 is 95.5 Å². The third-order valence-electron chi connectivity index (χ3n) is 11.5. The van der Waals surface area contributed by atoms with E-state index in [-0.39, 0.29) is 75.7 Å². The zero-order chi connectivity index (χ0) is 62.4. The van der Waals surface area contributed by atoms with Crippen molar-refractivity contribution in [1.82, 2.24) is 21.3 Å². The molecule has 484 valence electrons. The van der Waals surface area contributed by atoms with E-state index in [9.17, 15) is 33.9 Å². The Morgan fingerprint density at radius 2 is 1.04 bits per heavy atom. The molecule has 2 aromatic rings. The molecule has 0 aliphatic rings. The number of amides is 5. The number of alkyl carbamates (subject to hydrolysis) is 2. The molecule has 2 rings (SSSR count). The first kappa shape index (κ1) is 75.2. The van der Waals surface area contributed by atoms with Crippen molar-refractivity contribution >= 4 is 41.8 Å². The van der Waals surface area contributed by atoms with Crippen LogP contribution in [-0.2, 0) is 89.0 Å². The minimum absolute atomic E-state index is 0.0461. The molecule has 0 bridgehead atoms. The number of unbranched alkanes of at least 4 members (excludes halogenated alkanes) is 2. The number of anilines is 1. The van der Waals surface area contributed by atoms with E-state index >= 15 is 0 Å². The molecule has 25 nitrogen and oxygen atoms in total. The summed E-state index contributed by atoms with van der Waals surface area (Å²) in [5, 5.41) is 24.2. The minimum Gasteiger partial charge on any atom is -0.506 e. The van der Waals surface area contributed by atoms with Crippen LogP contribution in [0.3, 0.4) is 0 Å². The smallest absolute Gasteiger partial charge is 0.411 e. The Kier molecular flexibility index (Phi) is 41.0. The van der Waals surface area contributed by atoms with Crippen molar-refractivity contribution in [2.45, 2.75) is 130 Å². The van der Waals surface area contributed by atoms with E-state index in [0.29, 0.717) is 130 Å². The number of benzene rings is 2. The van der Waals surface area contributed by atoms with Gasteiger partial charge in [-0.05, 0) is 103 Å². The van der Waals surface area contributed by atoms with Gasteiger partial charge in [0.05, 0.1) is 124 Å². The van der Waals surface area contributed by atoms with E-state index in [1.165, 1.54) is 6.07 Å². The van der Waals surface area contributed by atoms with Gasteiger partial charge in [-0.25, -0.2) is 14.4 Å². The molecule has 0 aliphatic heterocycles. The molecule has 0 spiro atoms. The summed E-state index contributed by atoms with van der Waals surface area (Å²) in [7, 11) is 0. The summed E-state index contributed by atoms with van der Waals surface area (Å²) in [6.07, 6.45) is 1.77. The van der Waals surface area contributed by atoms with Crippen molar-refractivity contribution in [1.29, 1.82) is 0 Å². The van der Waals surface area contributed by atoms with Crippen LogP contribution < -0.4 is 26.6 Å². The van der Waals surface area contributed by atoms with Crippen LogP contribution in [0.5, 0.6) is 5.75 Å². The highest BCUT2D eigenvalue weighted by atomic mass is 16.6. The van der Waals surface area contributed by atoms with Gasteiger partial charge in [0.25, 0.3) is 0 Å². The van der Waals surface area contributed by atoms with Crippen molar-refractivity contribution in [3.63, 3.8) is 0 Å². The lowest BCUT2D eigenvalue weighted by molar-refractivity contribution is -0.159. The Morgan fingerprint density at radius 3 is 1.55 bits per heavy atom. The fourth-order valence-electron chi connectivity index (χ4n) is 7.39. The fourth-order valence-corrected chi connectivity index (χ4v) is 7.39. The number of carbonyl (C=O) groups excluding carboxylic acids is 6. The maximum atomic E-state index is 12.7. The fraction of sp³-hybridized carbons (Fsp3) is 0.700. The molecular weight excluding hydrogens is 1110 g/mol. The van der Waals surface area contributed by atoms with Crippen molar-refractivity contribution in [3.05, 3.63) is 59.7 Å². The van der Waals surface area contributed by atoms with Crippen LogP contribution in [0.4, 0.5) is 20.1 Å². The highest BCUT2D eigenvalue weighted by molar-refractivity contribution is 5.87. The minimum atomic E-state index is -0.799. The first-order valence-electron chi connectivity index (χ1n) is 29.4. The van der Waals surface area contributed by atoms with E-state index in [4.69, 9.17) is 61.6 Å². The molecule has 0 saturated carbocycles. The second-order valence-electron chi connectivity index (χ2n) is 21.5. The number of hydrogen-bond donors (Lipinski definition) is 6. The van der Waals surface area contributed by atoms with Crippen LogP contribution in [0, 0.1) is 5.92 Å². The zero-order valence-electron chi connectivity index (χ0n) is 51.6. The topological polar surface area (TPSA) is 303 Å². The average Bonchev–Trinajstić information content (AvgIpc) is 3.48. The number of nitrogens with one attached hydrogen (secondary N) is 5. The predicted octanol–water partition coefficient (Wildman–Crippen LogP) is 6.39. The van der Waals surface area contributed by atoms with E-state index in [1.807, 2.05) is 37.3 Å². The number of carbonyl (C=O) groups is 6. The summed E-state index contributed by atoms with van der Waals surface area (Å²) in [5.74, 6) is -1.66. The predicted molar refractivity (Wildman–Crippen MR) is 315 cm³/mol. The summed E-state index contributed by atoms with van der Waals surface area (Å²) in [4.78, 5) is 75.3. The summed E-state index contributed by atoms with van der Waals surface area (Å²) in [5.41, 5.74) is 0.204. The number of phenolic OH excluding ortho intramolecular Hbond substituents is 1. The third-order valence-corrected chi connectivity index (χ3v) is 11.5. The van der Waals surface area contributed by atoms with Gasteiger partial charge in [0.2, 0.25) is 11.8 Å². The number of rotatable bonds is 48. The molecule has 3 atom stereocenters. The Bertz CT molecular complexity index is 2130. The normalized spacial score (nSPS) is 12.6. The molecule has 1 unspecified atom stereocenters. The number of hydrogen-bond acceptors (Lipinski definition) is 20. The average molecular weight is 1210 g/mol. The standard InChI is InChI=1S/C60H99N5O20/c1-9-10-21-62-54(68)50(64-57(71)83-44-47-16-12-11-13-17-47)18-14-15-22-61-53(67)45-81-38-37-79-34-33-77-30-29-75-26-25-73-23-24-74-27-28-76-31-32-78-35-36-80-39-40-82-56(70)65-51-43-48(19-20-52(51)66)42-49(63-58(72)85-60(6,7)8)41-46(2)55(69)84-59(3,4)5/h11-13,16-17,19-20,43,46,49-50,66H,9-10,14-15,18,21-42,44-45H2,1-8H3,(H,61,67)(H,62,68)(H,63,72)(H,64,71)(H,65,70)/t46?,49-,50+/m1/s1. The number of aromatic hydroxyl groups is 1. The van der Waals surface area contributed by atoms with Gasteiger partial charge in [-0.15, -0.1) is 0 Å². The highest BCUT2D eigenvalue weighted by Crippen LogP contribution is 2.26. The van der Waals surface area contributed by atoms with Gasteiger partial charge < -0.3 is 88.0 Å². The van der Waals surface area contributed by atoms with E-state index < -0.39 is 53.5 Å². The molecular formula is C60H99N5O20. The van der Waals surface area contributed by atoms with Crippen LogP contribution in [0.15, 0.2) is 48.5 Å². The van der Waals surface area contributed by atoms with Crippen LogP contribution in [0.1, 0.15) is 105 Å². The highest BCUT2D eigenvalue weighted by Gasteiger charge is 2.28. The molecule has 0 heterocycles. The molecule has 6 N–H and O–H groups in total. The molecule has 0 aliphatic carbocycles. The van der Waals surface area contributed by atoms with Crippen molar-refractivity contribution in [2.75, 3.05) is 144 Å². The molecule has 0 saturated heterocycles. The summed E-state index contributed by atoms with van der Waals surface area (Å²) in [6, 6.07) is 12.6. The Hall–Kier alpha value is -5.90. The van der Waals surface area contributed by atoms with Gasteiger partial charge in [0.15, 0.2) is 0 Å².